The lowest BCUT2D eigenvalue weighted by molar-refractivity contribution is 0.0938. The van der Waals surface area contributed by atoms with E-state index in [1.807, 2.05) is 37.3 Å². The average molecular weight is 246 g/mol. The summed E-state index contributed by atoms with van der Waals surface area (Å²) in [6.45, 7) is 6.21. The van der Waals surface area contributed by atoms with Gasteiger partial charge in [-0.15, -0.1) is 6.58 Å². The molecule has 0 heterocycles. The van der Waals surface area contributed by atoms with E-state index in [1.165, 1.54) is 0 Å². The molecule has 0 bridgehead atoms. The van der Waals surface area contributed by atoms with Gasteiger partial charge in [-0.05, 0) is 43.9 Å². The summed E-state index contributed by atoms with van der Waals surface area (Å²) in [7, 11) is 0. The van der Waals surface area contributed by atoms with Gasteiger partial charge in [-0.1, -0.05) is 18.2 Å². The fourth-order valence-corrected chi connectivity index (χ4v) is 1.74. The number of carbonyl (C=O) groups is 1. The summed E-state index contributed by atoms with van der Waals surface area (Å²) in [6, 6.07) is 7.59. The number of rotatable bonds is 7. The van der Waals surface area contributed by atoms with Gasteiger partial charge in [0.15, 0.2) is 0 Å². The first-order valence-corrected chi connectivity index (χ1v) is 6.38. The Morgan fingerprint density at radius 3 is 2.67 bits per heavy atom. The molecular weight excluding hydrogens is 224 g/mol. The number of allylic oxidation sites excluding steroid dienone is 1. The molecule has 3 N–H and O–H groups in total. The molecule has 1 atom stereocenters. The Balaban J connectivity index is 2.45. The van der Waals surface area contributed by atoms with Gasteiger partial charge >= 0.3 is 0 Å². The van der Waals surface area contributed by atoms with E-state index in [4.69, 9.17) is 5.73 Å². The average Bonchev–Trinajstić information content (AvgIpc) is 2.39. The predicted octanol–water partition coefficient (Wildman–Crippen LogP) is 2.62. The Kier molecular flexibility index (Phi) is 6.15. The molecular formula is C15H22N2O. The molecule has 98 valence electrons. The minimum atomic E-state index is -0.0234. The number of benzene rings is 1. The Morgan fingerprint density at radius 1 is 1.44 bits per heavy atom. The van der Waals surface area contributed by atoms with Crippen LogP contribution in [0.3, 0.4) is 0 Å². The van der Waals surface area contributed by atoms with Crippen LogP contribution in [-0.4, -0.2) is 11.9 Å². The van der Waals surface area contributed by atoms with Crippen molar-refractivity contribution in [2.24, 2.45) is 5.73 Å². The van der Waals surface area contributed by atoms with Crippen molar-refractivity contribution in [2.45, 2.75) is 38.8 Å². The first-order valence-electron chi connectivity index (χ1n) is 6.38. The van der Waals surface area contributed by atoms with Gasteiger partial charge in [-0.25, -0.2) is 0 Å². The van der Waals surface area contributed by atoms with Crippen LogP contribution in [-0.2, 0) is 6.54 Å². The second kappa shape index (κ2) is 7.67. The summed E-state index contributed by atoms with van der Waals surface area (Å²) >= 11 is 0. The normalized spacial score (nSPS) is 11.9. The Morgan fingerprint density at radius 2 is 2.11 bits per heavy atom. The maximum Gasteiger partial charge on any atom is 0.251 e. The fourth-order valence-electron chi connectivity index (χ4n) is 1.74. The summed E-state index contributed by atoms with van der Waals surface area (Å²) in [5, 5.41) is 2.99. The van der Waals surface area contributed by atoms with Gasteiger partial charge in [-0.3, -0.25) is 4.79 Å². The molecule has 1 amide bonds. The van der Waals surface area contributed by atoms with E-state index < -0.39 is 0 Å². The minimum Gasteiger partial charge on any atom is -0.350 e. The number of unbranched alkanes of at least 4 members (excludes halogenated alkanes) is 1. The first kappa shape index (κ1) is 14.5. The number of nitrogens with two attached hydrogens (primary N) is 1. The molecule has 1 rings (SSSR count). The molecule has 3 nitrogen and oxygen atoms in total. The first-order chi connectivity index (χ1) is 8.67. The molecule has 3 heteroatoms. The van der Waals surface area contributed by atoms with Crippen molar-refractivity contribution in [3.8, 4) is 0 Å². The number of carbonyl (C=O) groups excluding carboxylic acids is 1. The van der Waals surface area contributed by atoms with Gasteiger partial charge in [0, 0.05) is 18.2 Å². The van der Waals surface area contributed by atoms with Gasteiger partial charge in [0.25, 0.3) is 5.91 Å². The van der Waals surface area contributed by atoms with Crippen LogP contribution >= 0.6 is 0 Å². The third kappa shape index (κ3) is 4.72. The second-order valence-electron chi connectivity index (χ2n) is 4.50. The predicted molar refractivity (Wildman–Crippen MR) is 75.3 cm³/mol. The van der Waals surface area contributed by atoms with Crippen molar-refractivity contribution in [1.29, 1.82) is 0 Å². The van der Waals surface area contributed by atoms with Crippen LogP contribution in [0.25, 0.3) is 0 Å². The molecule has 0 fully saturated rings. The van der Waals surface area contributed by atoms with Gasteiger partial charge in [-0.2, -0.15) is 0 Å². The topological polar surface area (TPSA) is 55.1 Å². The Labute approximate surface area is 109 Å². The van der Waals surface area contributed by atoms with Gasteiger partial charge in [0.2, 0.25) is 0 Å². The SMILES string of the molecule is C=CCCCC(C)NC(=O)c1ccc(CN)cc1. The third-order valence-electron chi connectivity index (χ3n) is 2.87. The van der Waals surface area contributed by atoms with Crippen LogP contribution in [0, 0.1) is 0 Å². The molecule has 0 aliphatic rings. The van der Waals surface area contributed by atoms with Crippen molar-refractivity contribution >= 4 is 5.91 Å². The molecule has 0 aromatic heterocycles. The van der Waals surface area contributed by atoms with Crippen LogP contribution < -0.4 is 11.1 Å². The monoisotopic (exact) mass is 246 g/mol. The highest BCUT2D eigenvalue weighted by Crippen LogP contribution is 2.06. The molecule has 1 aromatic rings. The minimum absolute atomic E-state index is 0.0234. The lowest BCUT2D eigenvalue weighted by atomic mass is 10.1. The lowest BCUT2D eigenvalue weighted by Gasteiger charge is -2.13. The second-order valence-corrected chi connectivity index (χ2v) is 4.50. The van der Waals surface area contributed by atoms with Gasteiger partial charge < -0.3 is 11.1 Å². The summed E-state index contributed by atoms with van der Waals surface area (Å²) in [4.78, 5) is 11.9. The molecule has 18 heavy (non-hydrogen) atoms. The molecule has 0 radical (unpaired) electrons. The maximum atomic E-state index is 11.9. The molecule has 0 spiro atoms. The van der Waals surface area contributed by atoms with E-state index in [-0.39, 0.29) is 11.9 Å². The molecule has 1 unspecified atom stereocenters. The van der Waals surface area contributed by atoms with Gasteiger partial charge in [0.1, 0.15) is 0 Å². The summed E-state index contributed by atoms with van der Waals surface area (Å²) in [5.41, 5.74) is 7.23. The maximum absolute atomic E-state index is 11.9. The summed E-state index contributed by atoms with van der Waals surface area (Å²) in [5.74, 6) is -0.0234. The third-order valence-corrected chi connectivity index (χ3v) is 2.87. The number of hydrogen-bond donors (Lipinski definition) is 2. The zero-order chi connectivity index (χ0) is 13.4. The van der Waals surface area contributed by atoms with Crippen molar-refractivity contribution in [3.63, 3.8) is 0 Å². The molecule has 1 aromatic carbocycles. The Bertz CT molecular complexity index is 384. The van der Waals surface area contributed by atoms with Crippen LogP contribution in [0.5, 0.6) is 0 Å². The molecule has 0 saturated carbocycles. The standard InChI is InChI=1S/C15H22N2O/c1-3-4-5-6-12(2)17-15(18)14-9-7-13(11-16)8-10-14/h3,7-10,12H,1,4-6,11,16H2,2H3,(H,17,18). The number of nitrogens with one attached hydrogen (secondary N) is 1. The highest BCUT2D eigenvalue weighted by Gasteiger charge is 2.08. The summed E-state index contributed by atoms with van der Waals surface area (Å²) in [6.07, 6.45) is 4.92. The van der Waals surface area contributed by atoms with E-state index in [2.05, 4.69) is 11.9 Å². The zero-order valence-corrected chi connectivity index (χ0v) is 11.0. The van der Waals surface area contributed by atoms with Crippen LogP contribution in [0.15, 0.2) is 36.9 Å². The fraction of sp³-hybridized carbons (Fsp3) is 0.400. The van der Waals surface area contributed by atoms with E-state index in [1.54, 1.807) is 0 Å². The van der Waals surface area contributed by atoms with E-state index in [0.717, 1.165) is 24.8 Å². The quantitative estimate of drug-likeness (QED) is 0.574. The van der Waals surface area contributed by atoms with Crippen LogP contribution in [0.1, 0.15) is 42.1 Å². The summed E-state index contributed by atoms with van der Waals surface area (Å²) < 4.78 is 0. The smallest absolute Gasteiger partial charge is 0.251 e. The van der Waals surface area contributed by atoms with Crippen molar-refractivity contribution in [2.75, 3.05) is 0 Å². The largest absolute Gasteiger partial charge is 0.350 e. The highest BCUT2D eigenvalue weighted by molar-refractivity contribution is 5.94. The van der Waals surface area contributed by atoms with Crippen molar-refractivity contribution in [1.82, 2.24) is 5.32 Å². The van der Waals surface area contributed by atoms with E-state index >= 15 is 0 Å². The Hall–Kier alpha value is -1.61. The molecule has 0 saturated heterocycles. The van der Waals surface area contributed by atoms with E-state index in [0.29, 0.717) is 12.1 Å². The van der Waals surface area contributed by atoms with Crippen LogP contribution in [0.4, 0.5) is 0 Å². The van der Waals surface area contributed by atoms with Crippen molar-refractivity contribution < 1.29 is 4.79 Å². The number of hydrogen-bond acceptors (Lipinski definition) is 2. The molecule has 0 aliphatic carbocycles. The van der Waals surface area contributed by atoms with Gasteiger partial charge in [0.05, 0.1) is 0 Å². The highest BCUT2D eigenvalue weighted by atomic mass is 16.1. The van der Waals surface area contributed by atoms with Crippen LogP contribution in [0.2, 0.25) is 0 Å². The number of amides is 1. The molecule has 0 aliphatic heterocycles. The van der Waals surface area contributed by atoms with E-state index in [9.17, 15) is 4.79 Å². The lowest BCUT2D eigenvalue weighted by Crippen LogP contribution is -2.32. The zero-order valence-electron chi connectivity index (χ0n) is 11.0. The van der Waals surface area contributed by atoms with Crippen molar-refractivity contribution in [3.05, 3.63) is 48.0 Å².